The molecule has 1 fully saturated rings. The van der Waals surface area contributed by atoms with E-state index in [1.165, 1.54) is 0 Å². The number of rotatable bonds is 8. The second-order valence-corrected chi connectivity index (χ2v) is 9.45. The van der Waals surface area contributed by atoms with Crippen LogP contribution in [0, 0.1) is 0 Å². The van der Waals surface area contributed by atoms with E-state index in [1.807, 2.05) is 42.5 Å². The van der Waals surface area contributed by atoms with Gasteiger partial charge in [-0.1, -0.05) is 36.4 Å². The molecule has 0 saturated carbocycles. The Morgan fingerprint density at radius 2 is 2.00 bits per heavy atom. The number of fused-ring (bicyclic) bond motifs is 1. The molecule has 2 aliphatic heterocycles. The zero-order valence-corrected chi connectivity index (χ0v) is 21.1. The van der Waals surface area contributed by atoms with Gasteiger partial charge in [-0.3, -0.25) is 4.79 Å². The number of ether oxygens (including phenoxy) is 3. The molecule has 5 rings (SSSR count). The number of hydrogen-bond donors (Lipinski definition) is 2. The molecular formula is C29H30F2N2O5. The fraction of sp³-hybridized carbons (Fsp3) is 0.345. The Hall–Kier alpha value is -3.85. The van der Waals surface area contributed by atoms with Crippen LogP contribution in [0.2, 0.25) is 0 Å². The second kappa shape index (κ2) is 11.3. The molecule has 2 N–H and O–H groups in total. The highest BCUT2D eigenvalue weighted by Crippen LogP contribution is 2.39. The van der Waals surface area contributed by atoms with E-state index in [2.05, 4.69) is 5.32 Å². The van der Waals surface area contributed by atoms with Gasteiger partial charge in [-0.05, 0) is 42.2 Å². The largest absolute Gasteiger partial charge is 0.507 e. The van der Waals surface area contributed by atoms with Crippen molar-refractivity contribution in [1.29, 1.82) is 0 Å². The number of halogens is 2. The summed E-state index contributed by atoms with van der Waals surface area (Å²) >= 11 is 0. The van der Waals surface area contributed by atoms with Gasteiger partial charge in [0.1, 0.15) is 29.4 Å². The van der Waals surface area contributed by atoms with E-state index in [0.29, 0.717) is 31.9 Å². The van der Waals surface area contributed by atoms with E-state index < -0.39 is 23.6 Å². The average Bonchev–Trinajstić information content (AvgIpc) is 3.45. The molecule has 2 heterocycles. The maximum Gasteiger partial charge on any atom is 0.264 e. The van der Waals surface area contributed by atoms with Gasteiger partial charge in [0.05, 0.1) is 25.4 Å². The summed E-state index contributed by atoms with van der Waals surface area (Å²) in [5.74, 6) is -0.434. The lowest BCUT2D eigenvalue weighted by molar-refractivity contribution is 0.0726. The first kappa shape index (κ1) is 25.8. The SMILES string of the molecule is COc1ccc2c(c1N[C@H]1CCOC1)CN(C(=O)c1c(O)cc(C(F)F)cc1OCc1ccccc1)CC2. The third-order valence-electron chi connectivity index (χ3n) is 6.96. The molecular weight excluding hydrogens is 494 g/mol. The molecule has 2 aliphatic rings. The van der Waals surface area contributed by atoms with Gasteiger partial charge in [-0.15, -0.1) is 0 Å². The maximum absolute atomic E-state index is 13.8. The van der Waals surface area contributed by atoms with E-state index in [9.17, 15) is 18.7 Å². The van der Waals surface area contributed by atoms with E-state index in [4.69, 9.17) is 14.2 Å². The van der Waals surface area contributed by atoms with Crippen molar-refractivity contribution < 1.29 is 32.9 Å². The maximum atomic E-state index is 13.8. The highest BCUT2D eigenvalue weighted by molar-refractivity contribution is 6.00. The summed E-state index contributed by atoms with van der Waals surface area (Å²) in [7, 11) is 1.60. The monoisotopic (exact) mass is 524 g/mol. The summed E-state index contributed by atoms with van der Waals surface area (Å²) in [6, 6.07) is 15.3. The number of phenols is 1. The topological polar surface area (TPSA) is 80.3 Å². The number of phenolic OH excluding ortho intramolecular Hbond substituents is 1. The van der Waals surface area contributed by atoms with Gasteiger partial charge in [0, 0.05) is 30.8 Å². The minimum Gasteiger partial charge on any atom is -0.507 e. The molecule has 9 heteroatoms. The Morgan fingerprint density at radius 1 is 1.18 bits per heavy atom. The lowest BCUT2D eigenvalue weighted by atomic mass is 9.95. The standard InChI is InChI=1S/C29H30F2N2O5/c1-36-24-8-7-19-9-11-33(15-22(19)27(24)32-21-10-12-37-17-21)29(35)26-23(34)13-20(28(30)31)14-25(26)38-16-18-5-3-2-4-6-18/h2-8,13-14,21,28,32,34H,9-12,15-17H2,1H3/t21-/m0/s1. The zero-order chi connectivity index (χ0) is 26.6. The number of amides is 1. The number of hydrogen-bond acceptors (Lipinski definition) is 6. The van der Waals surface area contributed by atoms with E-state index in [1.54, 1.807) is 12.0 Å². The molecule has 0 aromatic heterocycles. The van der Waals surface area contributed by atoms with Crippen molar-refractivity contribution in [2.75, 3.05) is 32.2 Å². The van der Waals surface area contributed by atoms with Crippen LogP contribution in [-0.2, 0) is 24.3 Å². The van der Waals surface area contributed by atoms with Crippen LogP contribution in [0.1, 0.15) is 45.5 Å². The number of benzene rings is 3. The summed E-state index contributed by atoms with van der Waals surface area (Å²) in [6.07, 6.45) is -1.37. The van der Waals surface area contributed by atoms with Gasteiger partial charge in [0.25, 0.3) is 12.3 Å². The Labute approximate surface area is 219 Å². The minimum atomic E-state index is -2.83. The van der Waals surface area contributed by atoms with Crippen LogP contribution in [0.25, 0.3) is 0 Å². The molecule has 38 heavy (non-hydrogen) atoms. The van der Waals surface area contributed by atoms with Gasteiger partial charge in [-0.2, -0.15) is 0 Å². The van der Waals surface area contributed by atoms with Gasteiger partial charge < -0.3 is 29.5 Å². The quantitative estimate of drug-likeness (QED) is 0.416. The number of carbonyl (C=O) groups excluding carboxylic acids is 1. The predicted octanol–water partition coefficient (Wildman–Crippen LogP) is 5.32. The highest BCUT2D eigenvalue weighted by Gasteiger charge is 2.31. The van der Waals surface area contributed by atoms with Crippen molar-refractivity contribution in [2.45, 2.75) is 38.5 Å². The molecule has 0 spiro atoms. The number of carbonyl (C=O) groups is 1. The fourth-order valence-corrected chi connectivity index (χ4v) is 4.93. The summed E-state index contributed by atoms with van der Waals surface area (Å²) < 4.78 is 44.0. The van der Waals surface area contributed by atoms with Crippen LogP contribution in [0.4, 0.5) is 14.5 Å². The molecule has 0 aliphatic carbocycles. The van der Waals surface area contributed by atoms with Gasteiger partial charge >= 0.3 is 0 Å². The molecule has 1 atom stereocenters. The van der Waals surface area contributed by atoms with E-state index >= 15 is 0 Å². The molecule has 3 aromatic carbocycles. The van der Waals surface area contributed by atoms with Crippen molar-refractivity contribution in [3.63, 3.8) is 0 Å². The van der Waals surface area contributed by atoms with Crippen LogP contribution in [0.15, 0.2) is 54.6 Å². The number of methoxy groups -OCH3 is 1. The molecule has 200 valence electrons. The number of alkyl halides is 2. The number of nitrogens with zero attached hydrogens (tertiary/aromatic N) is 1. The molecule has 0 bridgehead atoms. The molecule has 0 radical (unpaired) electrons. The minimum absolute atomic E-state index is 0.0603. The molecule has 1 saturated heterocycles. The van der Waals surface area contributed by atoms with Crippen molar-refractivity contribution in [3.8, 4) is 17.2 Å². The van der Waals surface area contributed by atoms with Crippen molar-refractivity contribution in [1.82, 2.24) is 4.90 Å². The number of anilines is 1. The van der Waals surface area contributed by atoms with Gasteiger partial charge in [-0.25, -0.2) is 8.78 Å². The smallest absolute Gasteiger partial charge is 0.264 e. The van der Waals surface area contributed by atoms with Gasteiger partial charge in [0.2, 0.25) is 0 Å². The fourth-order valence-electron chi connectivity index (χ4n) is 4.93. The van der Waals surface area contributed by atoms with Crippen LogP contribution in [0.3, 0.4) is 0 Å². The average molecular weight is 525 g/mol. The highest BCUT2D eigenvalue weighted by atomic mass is 19.3. The summed E-state index contributed by atoms with van der Waals surface area (Å²) in [4.78, 5) is 15.4. The van der Waals surface area contributed by atoms with Crippen LogP contribution >= 0.6 is 0 Å². The first-order valence-electron chi connectivity index (χ1n) is 12.6. The summed E-state index contributed by atoms with van der Waals surface area (Å²) in [5.41, 5.74) is 3.09. The first-order chi connectivity index (χ1) is 18.4. The molecule has 1 amide bonds. The van der Waals surface area contributed by atoms with Crippen LogP contribution < -0.4 is 14.8 Å². The number of aromatic hydroxyl groups is 1. The van der Waals surface area contributed by atoms with E-state index in [-0.39, 0.29) is 30.5 Å². The molecule has 0 unspecified atom stereocenters. The third kappa shape index (κ3) is 5.38. The van der Waals surface area contributed by atoms with Crippen LogP contribution in [0.5, 0.6) is 17.2 Å². The Bertz CT molecular complexity index is 1300. The first-order valence-corrected chi connectivity index (χ1v) is 12.6. The van der Waals surface area contributed by atoms with E-state index in [0.717, 1.165) is 40.9 Å². The Balaban J connectivity index is 1.45. The number of nitrogens with one attached hydrogen (secondary N) is 1. The predicted molar refractivity (Wildman–Crippen MR) is 138 cm³/mol. The summed E-state index contributed by atoms with van der Waals surface area (Å²) in [6.45, 7) is 1.99. The lowest BCUT2D eigenvalue weighted by Crippen LogP contribution is -2.37. The van der Waals surface area contributed by atoms with Crippen molar-refractivity contribution in [3.05, 3.63) is 82.4 Å². The Kier molecular flexibility index (Phi) is 7.64. The van der Waals surface area contributed by atoms with Crippen LogP contribution in [-0.4, -0.2) is 48.8 Å². The lowest BCUT2D eigenvalue weighted by Gasteiger charge is -2.32. The van der Waals surface area contributed by atoms with Gasteiger partial charge in [0.15, 0.2) is 0 Å². The third-order valence-corrected chi connectivity index (χ3v) is 6.96. The Morgan fingerprint density at radius 3 is 2.71 bits per heavy atom. The van der Waals surface area contributed by atoms with Crippen molar-refractivity contribution >= 4 is 11.6 Å². The van der Waals surface area contributed by atoms with Crippen molar-refractivity contribution in [2.24, 2.45) is 0 Å². The zero-order valence-electron chi connectivity index (χ0n) is 21.1. The normalized spacial score (nSPS) is 16.8. The molecule has 7 nitrogen and oxygen atoms in total. The second-order valence-electron chi connectivity index (χ2n) is 9.45. The summed E-state index contributed by atoms with van der Waals surface area (Å²) in [5, 5.41) is 14.3. The molecule has 3 aromatic rings.